The van der Waals surface area contributed by atoms with E-state index in [1.807, 2.05) is 70.3 Å². The van der Waals surface area contributed by atoms with E-state index in [1.54, 1.807) is 29.2 Å². The van der Waals surface area contributed by atoms with Gasteiger partial charge >= 0.3 is 0 Å². The SMILES string of the molecule is Nc1ncnc2c1c(-c1ccc(Oc3ccccc3)cc1)nn2[C@@H]1CCCN(C(=O)/C=C/CN2CCN(C(=O)COCCOCCOCCOCCOCCSc3cccc4c3C(=O)N(C3CCC(=O)NC3=O)C4=O)CC2)C1. The number of nitrogens with one attached hydrogen (secondary N) is 1. The zero-order valence-electron chi connectivity index (χ0n) is 43.3. The van der Waals surface area contributed by atoms with Crippen LogP contribution in [0.3, 0.4) is 0 Å². The number of nitrogens with zero attached hydrogens (tertiary/aromatic N) is 8. The average Bonchev–Trinajstić information content (AvgIpc) is 4.21. The Hall–Kier alpha value is -7.12. The van der Waals surface area contributed by atoms with E-state index in [0.29, 0.717) is 138 Å². The molecule has 2 atom stereocenters. The number of anilines is 1. The monoisotopic (exact) mass is 1090 g/mol. The summed E-state index contributed by atoms with van der Waals surface area (Å²) < 4.78 is 35.9. The van der Waals surface area contributed by atoms with Crippen LogP contribution in [0.4, 0.5) is 5.82 Å². The first-order chi connectivity index (χ1) is 38.1. The van der Waals surface area contributed by atoms with Gasteiger partial charge < -0.3 is 44.0 Å². The zero-order valence-corrected chi connectivity index (χ0v) is 44.2. The summed E-state index contributed by atoms with van der Waals surface area (Å²) in [4.78, 5) is 92.9. The number of carbonyl (C=O) groups excluding carboxylic acids is 6. The van der Waals surface area contributed by atoms with Crippen LogP contribution in [0.5, 0.6) is 11.5 Å². The lowest BCUT2D eigenvalue weighted by Gasteiger charge is -2.34. The molecule has 78 heavy (non-hydrogen) atoms. The molecule has 3 saturated heterocycles. The van der Waals surface area contributed by atoms with Gasteiger partial charge in [-0.2, -0.15) is 5.10 Å². The van der Waals surface area contributed by atoms with Crippen LogP contribution in [0.25, 0.3) is 22.3 Å². The van der Waals surface area contributed by atoms with Crippen molar-refractivity contribution in [2.75, 3.05) is 123 Å². The predicted octanol–water partition coefficient (Wildman–Crippen LogP) is 4.01. The number of piperidine rings is 2. The number of aromatic nitrogens is 4. The van der Waals surface area contributed by atoms with Crippen LogP contribution in [-0.2, 0) is 42.9 Å². The van der Waals surface area contributed by atoms with Crippen molar-refractivity contribution in [3.63, 3.8) is 0 Å². The fourth-order valence-corrected chi connectivity index (χ4v) is 10.6. The Morgan fingerprint density at radius 2 is 1.42 bits per heavy atom. The summed E-state index contributed by atoms with van der Waals surface area (Å²) in [7, 11) is 0. The minimum Gasteiger partial charge on any atom is -0.457 e. The largest absolute Gasteiger partial charge is 0.457 e. The third kappa shape index (κ3) is 14.1. The molecule has 1 unspecified atom stereocenters. The highest BCUT2D eigenvalue weighted by atomic mass is 32.2. The van der Waals surface area contributed by atoms with Crippen molar-refractivity contribution in [3.05, 3.63) is 102 Å². The molecule has 0 aliphatic carbocycles. The van der Waals surface area contributed by atoms with E-state index in [9.17, 15) is 28.8 Å². The molecule has 0 bridgehead atoms. The van der Waals surface area contributed by atoms with Gasteiger partial charge in [0.05, 0.1) is 82.0 Å². The summed E-state index contributed by atoms with van der Waals surface area (Å²) in [6, 6.07) is 21.2. The molecule has 5 aromatic rings. The minimum atomic E-state index is -1.01. The fraction of sp³-hybridized carbons (Fsp3) is 0.436. The van der Waals surface area contributed by atoms with Gasteiger partial charge in [0.25, 0.3) is 11.8 Å². The van der Waals surface area contributed by atoms with Crippen molar-refractivity contribution in [1.29, 1.82) is 0 Å². The molecule has 412 valence electrons. The summed E-state index contributed by atoms with van der Waals surface area (Å²) in [6.45, 7) is 7.48. The molecule has 3 fully saturated rings. The molecular weight excluding hydrogens is 1020 g/mol. The minimum absolute atomic E-state index is 0.0241. The van der Waals surface area contributed by atoms with Crippen LogP contribution in [0.2, 0.25) is 0 Å². The standard InChI is InChI=1S/C55H64N10O12S/c56-51-49-50(38-13-15-41(16-14-38)77-40-8-2-1-3-9-40)60-65(52(49)58-37-57-51)39-7-5-20-63(35-39)46(67)12-6-19-61-21-23-62(24-22-61)47(68)36-76-32-31-74-28-27-72-25-26-73-29-30-75-33-34-78-44-11-4-10-42-48(44)55(71)64(54(42)70)43-17-18-45(66)59-53(43)69/h1-4,6,8-16,37,39,43H,5,7,17-36H2,(H2,56,57,58)(H,59,66,69)/b12-6+/t39-,43?/m1/s1. The maximum absolute atomic E-state index is 13.5. The van der Waals surface area contributed by atoms with E-state index in [2.05, 4.69) is 20.2 Å². The molecule has 0 radical (unpaired) electrons. The highest BCUT2D eigenvalue weighted by Gasteiger charge is 2.45. The van der Waals surface area contributed by atoms with E-state index in [0.717, 1.165) is 29.1 Å². The Labute approximate surface area is 455 Å². The number of amides is 6. The molecule has 23 heteroatoms. The van der Waals surface area contributed by atoms with E-state index in [1.165, 1.54) is 18.1 Å². The maximum Gasteiger partial charge on any atom is 0.263 e. The van der Waals surface area contributed by atoms with Crippen molar-refractivity contribution in [2.45, 2.75) is 42.7 Å². The summed E-state index contributed by atoms with van der Waals surface area (Å²) in [5, 5.41) is 7.91. The number of nitrogens with two attached hydrogens (primary N) is 1. The number of likely N-dealkylation sites (tertiary alicyclic amines) is 1. The Bertz CT molecular complexity index is 2940. The number of nitrogen functional groups attached to an aromatic ring is 1. The molecular formula is C55H64N10O12S. The molecule has 6 amide bonds. The zero-order chi connectivity index (χ0) is 54.2. The molecule has 0 spiro atoms. The van der Waals surface area contributed by atoms with Gasteiger partial charge in [-0.05, 0) is 67.8 Å². The summed E-state index contributed by atoms with van der Waals surface area (Å²) in [6.07, 6.45) is 6.79. The lowest BCUT2D eigenvalue weighted by Crippen LogP contribution is -2.54. The number of para-hydroxylation sites is 1. The summed E-state index contributed by atoms with van der Waals surface area (Å²) in [5.74, 6) is 0.0526. The molecule has 0 saturated carbocycles. The van der Waals surface area contributed by atoms with Crippen molar-refractivity contribution >= 4 is 64.1 Å². The molecule has 4 aliphatic rings. The second kappa shape index (κ2) is 27.5. The molecule has 6 heterocycles. The van der Waals surface area contributed by atoms with Crippen molar-refractivity contribution in [2.24, 2.45) is 0 Å². The molecule has 3 N–H and O–H groups in total. The number of hydrogen-bond acceptors (Lipinski definition) is 18. The number of thioether (sulfide) groups is 1. The number of hydrogen-bond donors (Lipinski definition) is 2. The van der Waals surface area contributed by atoms with Gasteiger partial charge in [-0.1, -0.05) is 30.3 Å². The molecule has 9 rings (SSSR count). The first kappa shape index (κ1) is 55.6. The van der Waals surface area contributed by atoms with Gasteiger partial charge in [-0.15, -0.1) is 11.8 Å². The number of benzene rings is 3. The van der Waals surface area contributed by atoms with Gasteiger partial charge in [0, 0.05) is 74.5 Å². The van der Waals surface area contributed by atoms with Gasteiger partial charge in [-0.25, -0.2) is 14.6 Å². The Balaban J connectivity index is 0.581. The van der Waals surface area contributed by atoms with E-state index in [4.69, 9.17) is 39.3 Å². The molecule has 2 aromatic heterocycles. The average molecular weight is 1090 g/mol. The van der Waals surface area contributed by atoms with Crippen molar-refractivity contribution in [3.8, 4) is 22.8 Å². The first-order valence-corrected chi connectivity index (χ1v) is 27.2. The van der Waals surface area contributed by atoms with Crippen LogP contribution in [0.15, 0.2) is 96.2 Å². The lowest BCUT2D eigenvalue weighted by atomic mass is 10.0. The normalized spacial score (nSPS) is 18.1. The molecule has 22 nitrogen and oxygen atoms in total. The van der Waals surface area contributed by atoms with Crippen molar-refractivity contribution in [1.82, 2.24) is 44.7 Å². The van der Waals surface area contributed by atoms with Crippen LogP contribution in [-0.4, -0.2) is 198 Å². The topological polar surface area (TPSA) is 252 Å². The van der Waals surface area contributed by atoms with Crippen LogP contribution in [0.1, 0.15) is 52.4 Å². The van der Waals surface area contributed by atoms with Crippen LogP contribution < -0.4 is 15.8 Å². The second-order valence-corrected chi connectivity index (χ2v) is 20.0. The maximum atomic E-state index is 13.5. The Morgan fingerprint density at radius 3 is 2.14 bits per heavy atom. The molecule has 3 aromatic carbocycles. The quantitative estimate of drug-likeness (QED) is 0.0343. The fourth-order valence-electron chi connectivity index (χ4n) is 9.65. The second-order valence-electron chi connectivity index (χ2n) is 18.8. The smallest absolute Gasteiger partial charge is 0.263 e. The predicted molar refractivity (Wildman–Crippen MR) is 287 cm³/mol. The van der Waals surface area contributed by atoms with Crippen molar-refractivity contribution < 1.29 is 57.2 Å². The van der Waals surface area contributed by atoms with E-state index < -0.39 is 29.7 Å². The number of piperazine rings is 1. The lowest BCUT2D eigenvalue weighted by molar-refractivity contribution is -0.138. The number of fused-ring (bicyclic) bond motifs is 2. The van der Waals surface area contributed by atoms with Gasteiger partial charge in [0.15, 0.2) is 5.65 Å². The van der Waals surface area contributed by atoms with Gasteiger partial charge in [-0.3, -0.25) is 43.9 Å². The van der Waals surface area contributed by atoms with E-state index in [-0.39, 0.29) is 55.0 Å². The Kier molecular flexibility index (Phi) is 19.6. The number of carbonyl (C=O) groups is 6. The van der Waals surface area contributed by atoms with E-state index >= 15 is 0 Å². The number of ether oxygens (including phenoxy) is 6. The van der Waals surface area contributed by atoms with Gasteiger partial charge in [0.2, 0.25) is 23.6 Å². The Morgan fingerprint density at radius 1 is 0.731 bits per heavy atom. The highest BCUT2D eigenvalue weighted by molar-refractivity contribution is 7.99. The first-order valence-electron chi connectivity index (χ1n) is 26.3. The molecule has 4 aliphatic heterocycles. The summed E-state index contributed by atoms with van der Waals surface area (Å²) >= 11 is 1.38. The third-order valence-electron chi connectivity index (χ3n) is 13.7. The third-order valence-corrected chi connectivity index (χ3v) is 14.7. The number of imide groups is 2. The highest BCUT2D eigenvalue weighted by Crippen LogP contribution is 2.36. The van der Waals surface area contributed by atoms with Crippen LogP contribution in [0, 0.1) is 0 Å². The number of rotatable bonds is 26. The van der Waals surface area contributed by atoms with Crippen LogP contribution >= 0.6 is 11.8 Å². The van der Waals surface area contributed by atoms with Gasteiger partial charge in [0.1, 0.15) is 42.0 Å². The summed E-state index contributed by atoms with van der Waals surface area (Å²) in [5.41, 5.74) is 9.08.